The molecule has 2 aromatic carbocycles. The minimum atomic E-state index is -3.74. The second-order valence-electron chi connectivity index (χ2n) is 8.21. The van der Waals surface area contributed by atoms with Crippen LogP contribution < -0.4 is 4.74 Å². The molecule has 162 valence electrons. The fourth-order valence-corrected chi connectivity index (χ4v) is 4.41. The van der Waals surface area contributed by atoms with Gasteiger partial charge in [-0.3, -0.25) is 4.79 Å². The minimum absolute atomic E-state index is 0.00196. The summed E-state index contributed by atoms with van der Waals surface area (Å²) in [5.41, 5.74) is 2.67. The first-order chi connectivity index (χ1) is 14.1. The summed E-state index contributed by atoms with van der Waals surface area (Å²) in [5.74, 6) is 0.516. The van der Waals surface area contributed by atoms with Crippen LogP contribution in [-0.4, -0.2) is 50.8 Å². The van der Waals surface area contributed by atoms with Gasteiger partial charge < -0.3 is 9.64 Å². The van der Waals surface area contributed by atoms with Crippen molar-refractivity contribution in [2.24, 2.45) is 0 Å². The molecule has 6 nitrogen and oxygen atoms in total. The molecule has 0 spiro atoms. The van der Waals surface area contributed by atoms with Gasteiger partial charge in [-0.05, 0) is 48.1 Å². The lowest BCUT2D eigenvalue weighted by molar-refractivity contribution is 0.0729. The molecule has 0 aliphatic heterocycles. The number of amides is 1. The molecule has 0 N–H and O–H groups in total. The predicted molar refractivity (Wildman–Crippen MR) is 117 cm³/mol. The molecule has 3 rings (SSSR count). The Bertz CT molecular complexity index is 1010. The summed E-state index contributed by atoms with van der Waals surface area (Å²) in [6, 6.07) is 13.1. The van der Waals surface area contributed by atoms with Crippen LogP contribution >= 0.6 is 0 Å². The molecular formula is C23H30N2O4S. The second kappa shape index (κ2) is 8.78. The second-order valence-corrected chi connectivity index (χ2v) is 10.3. The van der Waals surface area contributed by atoms with E-state index in [2.05, 4.69) is 38.1 Å². The first-order valence-electron chi connectivity index (χ1n) is 10.2. The Hall–Kier alpha value is -2.38. The van der Waals surface area contributed by atoms with Gasteiger partial charge >= 0.3 is 0 Å². The molecule has 0 bridgehead atoms. The molecule has 1 amide bonds. The molecule has 0 saturated heterocycles. The van der Waals surface area contributed by atoms with Crippen molar-refractivity contribution in [1.29, 1.82) is 0 Å². The fourth-order valence-electron chi connectivity index (χ4n) is 3.33. The van der Waals surface area contributed by atoms with Crippen molar-refractivity contribution in [3.05, 3.63) is 59.2 Å². The van der Waals surface area contributed by atoms with Gasteiger partial charge in [0.25, 0.3) is 5.91 Å². The van der Waals surface area contributed by atoms with E-state index in [0.717, 1.165) is 22.7 Å². The van der Waals surface area contributed by atoms with Gasteiger partial charge in [-0.15, -0.1) is 0 Å². The highest BCUT2D eigenvalue weighted by Crippen LogP contribution is 2.32. The van der Waals surface area contributed by atoms with E-state index in [1.165, 1.54) is 32.8 Å². The summed E-state index contributed by atoms with van der Waals surface area (Å²) >= 11 is 0. The molecule has 0 unspecified atom stereocenters. The van der Waals surface area contributed by atoms with Crippen LogP contribution in [0.15, 0.2) is 47.4 Å². The van der Waals surface area contributed by atoms with Crippen molar-refractivity contribution in [3.63, 3.8) is 0 Å². The minimum Gasteiger partial charge on any atom is -0.495 e. The van der Waals surface area contributed by atoms with Crippen LogP contribution in [-0.2, 0) is 16.6 Å². The molecule has 0 heterocycles. The number of rotatable bonds is 8. The highest BCUT2D eigenvalue weighted by atomic mass is 32.2. The molecule has 1 saturated carbocycles. The van der Waals surface area contributed by atoms with Crippen LogP contribution in [0.2, 0.25) is 0 Å². The molecule has 1 fully saturated rings. The normalized spacial score (nSPS) is 14.2. The number of methoxy groups -OCH3 is 1. The highest BCUT2D eigenvalue weighted by molar-refractivity contribution is 7.89. The number of nitrogens with zero attached hydrogens (tertiary/aromatic N) is 2. The van der Waals surface area contributed by atoms with E-state index in [1.54, 1.807) is 12.1 Å². The lowest BCUT2D eigenvalue weighted by atomic mass is 10.0. The van der Waals surface area contributed by atoms with Crippen LogP contribution in [0.4, 0.5) is 0 Å². The molecule has 0 aromatic heterocycles. The number of carbonyl (C=O) groups is 1. The lowest BCUT2D eigenvalue weighted by Crippen LogP contribution is -2.33. The van der Waals surface area contributed by atoms with Crippen molar-refractivity contribution >= 4 is 15.9 Å². The summed E-state index contributed by atoms with van der Waals surface area (Å²) in [5, 5.41) is 0. The maximum absolute atomic E-state index is 13.3. The van der Waals surface area contributed by atoms with Crippen molar-refractivity contribution in [3.8, 4) is 5.75 Å². The molecule has 1 aliphatic carbocycles. The largest absolute Gasteiger partial charge is 0.495 e. The maximum atomic E-state index is 13.3. The Morgan fingerprint density at radius 3 is 2.23 bits per heavy atom. The van der Waals surface area contributed by atoms with Gasteiger partial charge in [0.05, 0.1) is 7.11 Å². The number of ether oxygens (including phenoxy) is 1. The Labute approximate surface area is 179 Å². The van der Waals surface area contributed by atoms with Gasteiger partial charge in [0.15, 0.2) is 0 Å². The number of hydrogen-bond donors (Lipinski definition) is 0. The highest BCUT2D eigenvalue weighted by Gasteiger charge is 2.34. The summed E-state index contributed by atoms with van der Waals surface area (Å²) in [6.45, 7) is 4.81. The number of hydrogen-bond acceptors (Lipinski definition) is 4. The average molecular weight is 431 g/mol. The Balaban J connectivity index is 1.91. The molecule has 0 atom stereocenters. The van der Waals surface area contributed by atoms with Crippen LogP contribution in [0.25, 0.3) is 0 Å². The number of benzene rings is 2. The Kier molecular flexibility index (Phi) is 6.53. The average Bonchev–Trinajstić information content (AvgIpc) is 3.56. The molecule has 7 heteroatoms. The summed E-state index contributed by atoms with van der Waals surface area (Å²) in [4.78, 5) is 15.2. The van der Waals surface area contributed by atoms with Gasteiger partial charge in [0.2, 0.25) is 10.0 Å². The van der Waals surface area contributed by atoms with Gasteiger partial charge in [-0.25, -0.2) is 12.7 Å². The van der Waals surface area contributed by atoms with E-state index in [-0.39, 0.29) is 22.6 Å². The fraction of sp³-hybridized carbons (Fsp3) is 0.435. The number of sulfonamides is 1. The van der Waals surface area contributed by atoms with Gasteiger partial charge in [0, 0.05) is 32.2 Å². The van der Waals surface area contributed by atoms with Crippen LogP contribution in [0.5, 0.6) is 5.75 Å². The van der Waals surface area contributed by atoms with Crippen molar-refractivity contribution in [2.45, 2.75) is 50.1 Å². The first-order valence-corrected chi connectivity index (χ1v) is 11.6. The zero-order valence-corrected chi connectivity index (χ0v) is 19.1. The van der Waals surface area contributed by atoms with Crippen molar-refractivity contribution < 1.29 is 17.9 Å². The third-order valence-corrected chi connectivity index (χ3v) is 7.25. The lowest BCUT2D eigenvalue weighted by Gasteiger charge is -2.24. The first kappa shape index (κ1) is 22.3. The molecule has 30 heavy (non-hydrogen) atoms. The van der Waals surface area contributed by atoms with E-state index < -0.39 is 10.0 Å². The third kappa shape index (κ3) is 4.68. The standard InChI is InChI=1S/C23H30N2O4S/c1-16(2)18-8-6-17(7-9-18)15-25(20-11-12-20)23(26)19-10-13-21(29-5)22(14-19)30(27,28)24(3)4/h6-10,13-14,16,20H,11-12,15H2,1-5H3. The summed E-state index contributed by atoms with van der Waals surface area (Å²) < 4.78 is 31.8. The smallest absolute Gasteiger partial charge is 0.254 e. The SMILES string of the molecule is COc1ccc(C(=O)N(Cc2ccc(C(C)C)cc2)C2CC2)cc1S(=O)(=O)N(C)C. The quantitative estimate of drug-likeness (QED) is 0.638. The van der Waals surface area contributed by atoms with Gasteiger partial charge in [-0.2, -0.15) is 0 Å². The van der Waals surface area contributed by atoms with E-state index in [0.29, 0.717) is 18.0 Å². The van der Waals surface area contributed by atoms with Crippen molar-refractivity contribution in [1.82, 2.24) is 9.21 Å². The third-order valence-electron chi connectivity index (χ3n) is 5.42. The van der Waals surface area contributed by atoms with Gasteiger partial charge in [0.1, 0.15) is 10.6 Å². The summed E-state index contributed by atoms with van der Waals surface area (Å²) in [6.07, 6.45) is 1.93. The van der Waals surface area contributed by atoms with E-state index in [9.17, 15) is 13.2 Å². The molecular weight excluding hydrogens is 400 g/mol. The van der Waals surface area contributed by atoms with Crippen LogP contribution in [0.1, 0.15) is 54.1 Å². The zero-order valence-electron chi connectivity index (χ0n) is 18.3. The van der Waals surface area contributed by atoms with E-state index >= 15 is 0 Å². The molecule has 2 aromatic rings. The Morgan fingerprint density at radius 1 is 1.10 bits per heavy atom. The van der Waals surface area contributed by atoms with Crippen molar-refractivity contribution in [2.75, 3.05) is 21.2 Å². The Morgan fingerprint density at radius 2 is 1.73 bits per heavy atom. The monoisotopic (exact) mass is 430 g/mol. The van der Waals surface area contributed by atoms with Crippen LogP contribution in [0, 0.1) is 0 Å². The zero-order chi connectivity index (χ0) is 22.1. The molecule has 0 radical (unpaired) electrons. The molecule has 1 aliphatic rings. The van der Waals surface area contributed by atoms with E-state index in [4.69, 9.17) is 4.74 Å². The number of carbonyl (C=O) groups excluding carboxylic acids is 1. The van der Waals surface area contributed by atoms with E-state index in [1.807, 2.05) is 4.90 Å². The van der Waals surface area contributed by atoms with Gasteiger partial charge in [-0.1, -0.05) is 38.1 Å². The maximum Gasteiger partial charge on any atom is 0.254 e. The summed E-state index contributed by atoms with van der Waals surface area (Å²) in [7, 11) is 0.597. The predicted octanol–water partition coefficient (Wildman–Crippen LogP) is 3.87. The topological polar surface area (TPSA) is 66.9 Å². The van der Waals surface area contributed by atoms with Crippen LogP contribution in [0.3, 0.4) is 0 Å².